The summed E-state index contributed by atoms with van der Waals surface area (Å²) in [5.74, 6) is -0.0667. The number of rotatable bonds is 7. The predicted octanol–water partition coefficient (Wildman–Crippen LogP) is 4.84. The van der Waals surface area contributed by atoms with Crippen LogP contribution in [0.25, 0.3) is 20.4 Å². The summed E-state index contributed by atoms with van der Waals surface area (Å²) in [6.07, 6.45) is 1.86. The third kappa shape index (κ3) is 4.54. The number of nitrogens with zero attached hydrogens (tertiary/aromatic N) is 4. The smallest absolute Gasteiger partial charge is 0.289 e. The lowest BCUT2D eigenvalue weighted by atomic mass is 10.2. The fraction of sp³-hybridized carbons (Fsp3) is 0.375. The van der Waals surface area contributed by atoms with Crippen LogP contribution in [-0.2, 0) is 11.2 Å². The summed E-state index contributed by atoms with van der Waals surface area (Å²) >= 11 is 3.04. The van der Waals surface area contributed by atoms with Crippen LogP contribution in [0.1, 0.15) is 28.7 Å². The summed E-state index contributed by atoms with van der Waals surface area (Å²) < 4.78 is 7.60. The Kier molecular flexibility index (Phi) is 6.45. The molecule has 1 fully saturated rings. The maximum atomic E-state index is 13.6. The van der Waals surface area contributed by atoms with Crippen LogP contribution in [0.4, 0.5) is 5.13 Å². The van der Waals surface area contributed by atoms with E-state index in [1.54, 1.807) is 11.3 Å². The molecule has 6 nitrogen and oxygen atoms in total. The second kappa shape index (κ2) is 9.62. The van der Waals surface area contributed by atoms with Gasteiger partial charge in [-0.1, -0.05) is 36.5 Å². The highest BCUT2D eigenvalue weighted by molar-refractivity contribution is 7.23. The van der Waals surface area contributed by atoms with Gasteiger partial charge in [0.25, 0.3) is 5.91 Å². The molecule has 2 aromatic heterocycles. The molecule has 0 atom stereocenters. The zero-order valence-corrected chi connectivity index (χ0v) is 19.8. The van der Waals surface area contributed by atoms with Gasteiger partial charge in [0.15, 0.2) is 10.1 Å². The van der Waals surface area contributed by atoms with E-state index < -0.39 is 0 Å². The maximum Gasteiger partial charge on any atom is 0.289 e. The largest absolute Gasteiger partial charge is 0.379 e. The lowest BCUT2D eigenvalue weighted by Gasteiger charge is -2.27. The standard InChI is InChI=1S/C24H26N4O2S2/c1-2-17-8-9-19-21(16-17)32-24(26-19)28(11-5-10-27-12-14-30-15-13-27)23(29)22-25-18-6-3-4-7-20(18)31-22/h3-4,6-9,16H,2,5,10-15H2,1H3. The third-order valence-corrected chi connectivity index (χ3v) is 7.83. The maximum absolute atomic E-state index is 13.6. The fourth-order valence-electron chi connectivity index (χ4n) is 3.93. The molecule has 32 heavy (non-hydrogen) atoms. The highest BCUT2D eigenvalue weighted by atomic mass is 32.1. The molecule has 0 saturated carbocycles. The lowest BCUT2D eigenvalue weighted by Crippen LogP contribution is -2.39. The SMILES string of the molecule is CCc1ccc2nc(N(CCCN3CCOCC3)C(=O)c3nc4ccccc4s3)sc2c1. The fourth-order valence-corrected chi connectivity index (χ4v) is 5.90. The van der Waals surface area contributed by atoms with Crippen molar-refractivity contribution in [2.24, 2.45) is 0 Å². The molecule has 0 radical (unpaired) electrons. The minimum absolute atomic E-state index is 0.0667. The first-order valence-corrected chi connectivity index (χ1v) is 12.7. The van der Waals surface area contributed by atoms with Crippen molar-refractivity contribution in [2.45, 2.75) is 19.8 Å². The molecule has 1 saturated heterocycles. The molecule has 1 aliphatic heterocycles. The number of carbonyl (C=O) groups is 1. The van der Waals surface area contributed by atoms with Gasteiger partial charge in [0.2, 0.25) is 0 Å². The van der Waals surface area contributed by atoms with Crippen molar-refractivity contribution in [2.75, 3.05) is 44.3 Å². The zero-order valence-electron chi connectivity index (χ0n) is 18.1. The molecular weight excluding hydrogens is 440 g/mol. The number of fused-ring (bicyclic) bond motifs is 2. The highest BCUT2D eigenvalue weighted by Crippen LogP contribution is 2.32. The summed E-state index contributed by atoms with van der Waals surface area (Å²) in [4.78, 5) is 27.3. The summed E-state index contributed by atoms with van der Waals surface area (Å²) in [6.45, 7) is 7.18. The van der Waals surface area contributed by atoms with E-state index in [1.807, 2.05) is 29.2 Å². The first kappa shape index (κ1) is 21.5. The van der Waals surface area contributed by atoms with Crippen molar-refractivity contribution in [3.05, 3.63) is 53.0 Å². The first-order valence-electron chi connectivity index (χ1n) is 11.1. The van der Waals surface area contributed by atoms with Crippen LogP contribution in [0.5, 0.6) is 0 Å². The number of anilines is 1. The molecule has 3 heterocycles. The Hall–Kier alpha value is -2.39. The van der Waals surface area contributed by atoms with Crippen molar-refractivity contribution in [3.8, 4) is 0 Å². The molecule has 0 N–H and O–H groups in total. The third-order valence-electron chi connectivity index (χ3n) is 5.76. The number of aromatic nitrogens is 2. The van der Waals surface area contributed by atoms with E-state index >= 15 is 0 Å². The Morgan fingerprint density at radius 2 is 1.88 bits per heavy atom. The van der Waals surface area contributed by atoms with Crippen LogP contribution in [-0.4, -0.2) is 60.2 Å². The summed E-state index contributed by atoms with van der Waals surface area (Å²) in [5.41, 5.74) is 3.09. The van der Waals surface area contributed by atoms with Gasteiger partial charge in [-0.05, 0) is 42.7 Å². The van der Waals surface area contributed by atoms with Crippen molar-refractivity contribution in [1.82, 2.24) is 14.9 Å². The molecule has 0 spiro atoms. The number of thiazole rings is 2. The van der Waals surface area contributed by atoms with Gasteiger partial charge in [-0.2, -0.15) is 0 Å². The molecule has 4 aromatic rings. The van der Waals surface area contributed by atoms with Gasteiger partial charge in [0.1, 0.15) is 0 Å². The Morgan fingerprint density at radius 1 is 1.06 bits per heavy atom. The van der Waals surface area contributed by atoms with Gasteiger partial charge in [-0.3, -0.25) is 14.6 Å². The molecular formula is C24H26N4O2S2. The molecule has 0 unspecified atom stereocenters. The topological polar surface area (TPSA) is 58.6 Å². The van der Waals surface area contributed by atoms with Crippen LogP contribution < -0.4 is 4.90 Å². The molecule has 0 aliphatic carbocycles. The summed E-state index contributed by atoms with van der Waals surface area (Å²) in [6, 6.07) is 14.3. The average Bonchev–Trinajstić information content (AvgIpc) is 3.45. The van der Waals surface area contributed by atoms with Crippen LogP contribution in [0, 0.1) is 0 Å². The molecule has 5 rings (SSSR count). The highest BCUT2D eigenvalue weighted by Gasteiger charge is 2.24. The Balaban J connectivity index is 1.42. The van der Waals surface area contributed by atoms with E-state index in [1.165, 1.54) is 16.9 Å². The number of hydrogen-bond acceptors (Lipinski definition) is 7. The minimum atomic E-state index is -0.0667. The Bertz CT molecular complexity index is 1200. The van der Waals surface area contributed by atoms with E-state index in [0.29, 0.717) is 11.6 Å². The first-order chi connectivity index (χ1) is 15.7. The minimum Gasteiger partial charge on any atom is -0.379 e. The van der Waals surface area contributed by atoms with Crippen molar-refractivity contribution >= 4 is 54.1 Å². The quantitative estimate of drug-likeness (QED) is 0.390. The van der Waals surface area contributed by atoms with Crippen LogP contribution >= 0.6 is 22.7 Å². The summed E-state index contributed by atoms with van der Waals surface area (Å²) in [7, 11) is 0. The van der Waals surface area contributed by atoms with Gasteiger partial charge in [-0.25, -0.2) is 9.97 Å². The number of carbonyl (C=O) groups excluding carboxylic acids is 1. The Labute approximate surface area is 195 Å². The zero-order chi connectivity index (χ0) is 21.9. The number of aryl methyl sites for hydroxylation is 1. The monoisotopic (exact) mass is 466 g/mol. The van der Waals surface area contributed by atoms with Crippen molar-refractivity contribution in [3.63, 3.8) is 0 Å². The van der Waals surface area contributed by atoms with Crippen molar-refractivity contribution in [1.29, 1.82) is 0 Å². The molecule has 1 amide bonds. The van der Waals surface area contributed by atoms with Crippen molar-refractivity contribution < 1.29 is 9.53 Å². The normalized spacial score (nSPS) is 14.9. The molecule has 166 valence electrons. The van der Waals surface area contributed by atoms with E-state index in [4.69, 9.17) is 9.72 Å². The number of para-hydroxylation sites is 1. The van der Waals surface area contributed by atoms with Crippen LogP contribution in [0.2, 0.25) is 0 Å². The lowest BCUT2D eigenvalue weighted by molar-refractivity contribution is 0.0376. The molecule has 8 heteroatoms. The van der Waals surface area contributed by atoms with E-state index in [-0.39, 0.29) is 5.91 Å². The second-order valence-corrected chi connectivity index (χ2v) is 9.94. The molecule has 1 aliphatic rings. The number of hydrogen-bond donors (Lipinski definition) is 0. The average molecular weight is 467 g/mol. The van der Waals surface area contributed by atoms with Gasteiger partial charge in [-0.15, -0.1) is 11.3 Å². The van der Waals surface area contributed by atoms with E-state index in [9.17, 15) is 4.79 Å². The molecule has 0 bridgehead atoms. The number of amides is 1. The number of ether oxygens (including phenoxy) is 1. The molecule has 2 aromatic carbocycles. The van der Waals surface area contributed by atoms with Gasteiger partial charge >= 0.3 is 0 Å². The van der Waals surface area contributed by atoms with E-state index in [0.717, 1.165) is 71.3 Å². The second-order valence-electron chi connectivity index (χ2n) is 7.90. The van der Waals surface area contributed by atoms with Gasteiger partial charge < -0.3 is 4.74 Å². The number of benzene rings is 2. The van der Waals surface area contributed by atoms with Gasteiger partial charge in [0.05, 0.1) is 33.6 Å². The van der Waals surface area contributed by atoms with Gasteiger partial charge in [0, 0.05) is 26.2 Å². The predicted molar refractivity (Wildman–Crippen MR) is 132 cm³/mol. The van der Waals surface area contributed by atoms with Crippen LogP contribution in [0.15, 0.2) is 42.5 Å². The van der Waals surface area contributed by atoms with E-state index in [2.05, 4.69) is 35.0 Å². The van der Waals surface area contributed by atoms with Crippen LogP contribution in [0.3, 0.4) is 0 Å². The number of morpholine rings is 1. The summed E-state index contributed by atoms with van der Waals surface area (Å²) in [5, 5.41) is 1.27. The Morgan fingerprint density at radius 3 is 2.69 bits per heavy atom.